The van der Waals surface area contributed by atoms with Crippen LogP contribution in [-0.2, 0) is 4.74 Å². The van der Waals surface area contributed by atoms with E-state index in [0.717, 1.165) is 19.4 Å². The standard InChI is InChI=1S/C10H17NO/c1-3-4-6-9(11-2)10-7-5-8-12-10/h1,9-11H,4-8H2,2H3. The van der Waals surface area contributed by atoms with E-state index < -0.39 is 0 Å². The van der Waals surface area contributed by atoms with Crippen LogP contribution in [0.3, 0.4) is 0 Å². The van der Waals surface area contributed by atoms with E-state index in [2.05, 4.69) is 11.2 Å². The Labute approximate surface area is 74.7 Å². The third-order valence-electron chi connectivity index (χ3n) is 2.38. The maximum Gasteiger partial charge on any atom is 0.0729 e. The molecule has 1 rings (SSSR count). The summed E-state index contributed by atoms with van der Waals surface area (Å²) < 4.78 is 5.57. The third kappa shape index (κ3) is 2.51. The van der Waals surface area contributed by atoms with Crippen LogP contribution in [0, 0.1) is 12.3 Å². The van der Waals surface area contributed by atoms with Crippen molar-refractivity contribution in [3.63, 3.8) is 0 Å². The molecule has 1 aliphatic heterocycles. The van der Waals surface area contributed by atoms with E-state index >= 15 is 0 Å². The van der Waals surface area contributed by atoms with Crippen molar-refractivity contribution < 1.29 is 4.74 Å². The average molecular weight is 167 g/mol. The molecular formula is C10H17NO. The number of nitrogens with one attached hydrogen (secondary N) is 1. The molecule has 2 unspecified atom stereocenters. The van der Waals surface area contributed by atoms with Crippen molar-refractivity contribution in [1.82, 2.24) is 5.32 Å². The summed E-state index contributed by atoms with van der Waals surface area (Å²) in [6.07, 6.45) is 9.84. The number of hydrogen-bond donors (Lipinski definition) is 1. The molecule has 2 nitrogen and oxygen atoms in total. The summed E-state index contributed by atoms with van der Waals surface area (Å²) in [5, 5.41) is 3.26. The molecule has 2 atom stereocenters. The minimum absolute atomic E-state index is 0.392. The first-order valence-corrected chi connectivity index (χ1v) is 4.61. The minimum atomic E-state index is 0.392. The van der Waals surface area contributed by atoms with Gasteiger partial charge in [-0.2, -0.15) is 0 Å². The summed E-state index contributed by atoms with van der Waals surface area (Å²) in [5.41, 5.74) is 0. The van der Waals surface area contributed by atoms with Gasteiger partial charge in [0.05, 0.1) is 6.10 Å². The Morgan fingerprint density at radius 3 is 3.08 bits per heavy atom. The topological polar surface area (TPSA) is 21.3 Å². The fourth-order valence-corrected chi connectivity index (χ4v) is 1.67. The van der Waals surface area contributed by atoms with Gasteiger partial charge in [-0.1, -0.05) is 0 Å². The number of terminal acetylenes is 1. The predicted molar refractivity (Wildman–Crippen MR) is 49.9 cm³/mol. The van der Waals surface area contributed by atoms with Crippen molar-refractivity contribution >= 4 is 0 Å². The normalized spacial score (nSPS) is 25.2. The molecule has 1 aliphatic rings. The maximum absolute atomic E-state index is 5.57. The first-order valence-electron chi connectivity index (χ1n) is 4.61. The summed E-state index contributed by atoms with van der Waals surface area (Å²) in [4.78, 5) is 0. The van der Waals surface area contributed by atoms with Crippen molar-refractivity contribution in [3.8, 4) is 12.3 Å². The Bertz CT molecular complexity index is 156. The quantitative estimate of drug-likeness (QED) is 0.635. The molecule has 1 fully saturated rings. The van der Waals surface area contributed by atoms with Gasteiger partial charge in [-0.3, -0.25) is 0 Å². The van der Waals surface area contributed by atoms with Crippen LogP contribution in [0.1, 0.15) is 25.7 Å². The van der Waals surface area contributed by atoms with Gasteiger partial charge in [0.25, 0.3) is 0 Å². The van der Waals surface area contributed by atoms with E-state index in [-0.39, 0.29) is 0 Å². The second kappa shape index (κ2) is 5.18. The van der Waals surface area contributed by atoms with Crippen LogP contribution in [-0.4, -0.2) is 25.8 Å². The molecule has 0 spiro atoms. The third-order valence-corrected chi connectivity index (χ3v) is 2.38. The second-order valence-electron chi connectivity index (χ2n) is 3.19. The number of ether oxygens (including phenoxy) is 1. The highest BCUT2D eigenvalue weighted by Crippen LogP contribution is 2.17. The van der Waals surface area contributed by atoms with E-state index in [4.69, 9.17) is 11.2 Å². The highest BCUT2D eigenvalue weighted by atomic mass is 16.5. The molecule has 0 aromatic carbocycles. The van der Waals surface area contributed by atoms with Crippen LogP contribution >= 0.6 is 0 Å². The van der Waals surface area contributed by atoms with E-state index in [1.807, 2.05) is 7.05 Å². The van der Waals surface area contributed by atoms with E-state index in [9.17, 15) is 0 Å². The molecule has 0 aliphatic carbocycles. The van der Waals surface area contributed by atoms with Gasteiger partial charge in [-0.15, -0.1) is 12.3 Å². The van der Waals surface area contributed by atoms with Gasteiger partial charge in [-0.25, -0.2) is 0 Å². The second-order valence-corrected chi connectivity index (χ2v) is 3.19. The number of hydrogen-bond acceptors (Lipinski definition) is 2. The summed E-state index contributed by atoms with van der Waals surface area (Å²) >= 11 is 0. The first-order chi connectivity index (χ1) is 5.88. The molecule has 68 valence electrons. The zero-order valence-electron chi connectivity index (χ0n) is 7.68. The van der Waals surface area contributed by atoms with Gasteiger partial charge >= 0.3 is 0 Å². The Hall–Kier alpha value is -0.520. The van der Waals surface area contributed by atoms with Crippen LogP contribution in [0.4, 0.5) is 0 Å². The van der Waals surface area contributed by atoms with Gasteiger partial charge < -0.3 is 10.1 Å². The van der Waals surface area contributed by atoms with E-state index in [1.165, 1.54) is 12.8 Å². The number of likely N-dealkylation sites (N-methyl/N-ethyl adjacent to an activating group) is 1. The fourth-order valence-electron chi connectivity index (χ4n) is 1.67. The van der Waals surface area contributed by atoms with Crippen molar-refractivity contribution in [1.29, 1.82) is 0 Å². The van der Waals surface area contributed by atoms with Crippen molar-refractivity contribution in [3.05, 3.63) is 0 Å². The summed E-state index contributed by atoms with van der Waals surface area (Å²) in [7, 11) is 1.98. The summed E-state index contributed by atoms with van der Waals surface area (Å²) in [5.74, 6) is 2.66. The Morgan fingerprint density at radius 1 is 1.75 bits per heavy atom. The molecule has 0 aromatic heterocycles. The van der Waals surface area contributed by atoms with Gasteiger partial charge in [0, 0.05) is 19.1 Å². The average Bonchev–Trinajstić information content (AvgIpc) is 2.59. The molecule has 1 N–H and O–H groups in total. The van der Waals surface area contributed by atoms with Crippen LogP contribution in [0.25, 0.3) is 0 Å². The van der Waals surface area contributed by atoms with Gasteiger partial charge in [0.1, 0.15) is 0 Å². The van der Waals surface area contributed by atoms with Crippen molar-refractivity contribution in [2.75, 3.05) is 13.7 Å². The lowest BCUT2D eigenvalue weighted by atomic mass is 10.0. The molecule has 0 amide bonds. The van der Waals surface area contributed by atoms with Gasteiger partial charge in [-0.05, 0) is 26.3 Å². The van der Waals surface area contributed by atoms with Gasteiger partial charge in [0.2, 0.25) is 0 Å². The predicted octanol–water partition coefficient (Wildman–Crippen LogP) is 1.17. The Kier molecular flexibility index (Phi) is 4.13. The SMILES string of the molecule is C#CCCC(NC)C1CCCO1. The summed E-state index contributed by atoms with van der Waals surface area (Å²) in [6.45, 7) is 0.916. The zero-order valence-corrected chi connectivity index (χ0v) is 7.68. The molecule has 2 heteroatoms. The zero-order chi connectivity index (χ0) is 8.81. The largest absolute Gasteiger partial charge is 0.377 e. The van der Waals surface area contributed by atoms with Crippen LogP contribution in [0.2, 0.25) is 0 Å². The molecule has 1 heterocycles. The minimum Gasteiger partial charge on any atom is -0.377 e. The highest BCUT2D eigenvalue weighted by Gasteiger charge is 2.23. The molecule has 0 radical (unpaired) electrons. The van der Waals surface area contributed by atoms with Crippen LogP contribution < -0.4 is 5.32 Å². The van der Waals surface area contributed by atoms with Crippen molar-refractivity contribution in [2.24, 2.45) is 0 Å². The van der Waals surface area contributed by atoms with E-state index in [0.29, 0.717) is 12.1 Å². The molecular weight excluding hydrogens is 150 g/mol. The van der Waals surface area contributed by atoms with E-state index in [1.54, 1.807) is 0 Å². The van der Waals surface area contributed by atoms with Crippen LogP contribution in [0.15, 0.2) is 0 Å². The fraction of sp³-hybridized carbons (Fsp3) is 0.800. The smallest absolute Gasteiger partial charge is 0.0729 e. The lowest BCUT2D eigenvalue weighted by Crippen LogP contribution is -2.37. The summed E-state index contributed by atoms with van der Waals surface area (Å²) in [6, 6.07) is 0.448. The highest BCUT2D eigenvalue weighted by molar-refractivity contribution is 4.88. The molecule has 0 aromatic rings. The monoisotopic (exact) mass is 167 g/mol. The lowest BCUT2D eigenvalue weighted by molar-refractivity contribution is 0.0786. The Morgan fingerprint density at radius 2 is 2.58 bits per heavy atom. The Balaban J connectivity index is 2.28. The molecule has 0 bridgehead atoms. The molecule has 0 saturated carbocycles. The number of rotatable bonds is 4. The molecule has 12 heavy (non-hydrogen) atoms. The maximum atomic E-state index is 5.57. The van der Waals surface area contributed by atoms with Gasteiger partial charge in [0.15, 0.2) is 0 Å². The van der Waals surface area contributed by atoms with Crippen molar-refractivity contribution in [2.45, 2.75) is 37.8 Å². The molecule has 1 saturated heterocycles. The van der Waals surface area contributed by atoms with Crippen LogP contribution in [0.5, 0.6) is 0 Å². The first kappa shape index (κ1) is 9.57. The lowest BCUT2D eigenvalue weighted by Gasteiger charge is -2.21.